The van der Waals surface area contributed by atoms with Gasteiger partial charge in [0, 0.05) is 24.3 Å². The number of benzene rings is 2. The number of anilines is 2. The van der Waals surface area contributed by atoms with Crippen molar-refractivity contribution in [3.63, 3.8) is 0 Å². The summed E-state index contributed by atoms with van der Waals surface area (Å²) in [5, 5.41) is 0. The van der Waals surface area contributed by atoms with Crippen LogP contribution in [0.2, 0.25) is 0 Å². The lowest BCUT2D eigenvalue weighted by molar-refractivity contribution is -0.117. The van der Waals surface area contributed by atoms with E-state index in [4.69, 9.17) is 5.73 Å². The van der Waals surface area contributed by atoms with Crippen LogP contribution >= 0.6 is 0 Å². The summed E-state index contributed by atoms with van der Waals surface area (Å²) in [4.78, 5) is 13.2. The average molecular weight is 362 g/mol. The first kappa shape index (κ1) is 19.0. The number of nitrogens with zero attached hydrogens (tertiary/aromatic N) is 1. The fourth-order valence-electron chi connectivity index (χ4n) is 2.38. The van der Waals surface area contributed by atoms with Crippen molar-refractivity contribution in [2.75, 3.05) is 24.3 Å². The number of nitrogen functional groups attached to an aromatic ring is 1. The van der Waals surface area contributed by atoms with Gasteiger partial charge < -0.3 is 10.6 Å². The van der Waals surface area contributed by atoms with E-state index in [0.717, 1.165) is 24.9 Å². The molecule has 1 amide bonds. The minimum absolute atomic E-state index is 0.0762. The fraction of sp³-hybridized carbons (Fsp3) is 0.278. The van der Waals surface area contributed by atoms with Gasteiger partial charge in [-0.15, -0.1) is 0 Å². The molecular weight excluding hydrogens is 340 g/mol. The van der Waals surface area contributed by atoms with Crippen molar-refractivity contribution in [1.29, 1.82) is 0 Å². The molecule has 2 N–H and O–H groups in total. The fourth-order valence-corrected chi connectivity index (χ4v) is 3.04. The van der Waals surface area contributed by atoms with Crippen LogP contribution in [-0.4, -0.2) is 28.0 Å². The van der Waals surface area contributed by atoms with Crippen LogP contribution in [0.5, 0.6) is 0 Å². The molecule has 0 spiro atoms. The van der Waals surface area contributed by atoms with Gasteiger partial charge in [0.05, 0.1) is 12.0 Å². The molecule has 0 saturated carbocycles. The van der Waals surface area contributed by atoms with E-state index in [-0.39, 0.29) is 10.8 Å². The van der Waals surface area contributed by atoms with Crippen molar-refractivity contribution in [2.45, 2.75) is 24.7 Å². The van der Waals surface area contributed by atoms with Crippen molar-refractivity contribution in [3.8, 4) is 0 Å². The zero-order valence-electron chi connectivity index (χ0n) is 14.3. The SMILES string of the molecule is COS(=O)(=O)c1ccc(N2CCCC2=O)cc1.Cc1ccc(N)cc1. The molecule has 7 heteroatoms. The summed E-state index contributed by atoms with van der Waals surface area (Å²) in [5.74, 6) is 0.0762. The van der Waals surface area contributed by atoms with Crippen LogP contribution in [-0.2, 0) is 19.1 Å². The molecule has 1 aliphatic rings. The number of rotatable bonds is 3. The van der Waals surface area contributed by atoms with Gasteiger partial charge in [-0.25, -0.2) is 0 Å². The van der Waals surface area contributed by atoms with E-state index in [9.17, 15) is 13.2 Å². The Bertz CT molecular complexity index is 794. The molecule has 134 valence electrons. The quantitative estimate of drug-likeness (QED) is 0.670. The highest BCUT2D eigenvalue weighted by molar-refractivity contribution is 7.86. The van der Waals surface area contributed by atoms with E-state index < -0.39 is 10.1 Å². The Morgan fingerprint density at radius 3 is 2.08 bits per heavy atom. The summed E-state index contributed by atoms with van der Waals surface area (Å²) in [5.41, 5.74) is 8.23. The minimum Gasteiger partial charge on any atom is -0.399 e. The molecule has 25 heavy (non-hydrogen) atoms. The van der Waals surface area contributed by atoms with Crippen molar-refractivity contribution >= 4 is 27.4 Å². The van der Waals surface area contributed by atoms with Gasteiger partial charge in [0.1, 0.15) is 0 Å². The zero-order valence-corrected chi connectivity index (χ0v) is 15.1. The molecule has 0 bridgehead atoms. The molecule has 0 unspecified atom stereocenters. The van der Waals surface area contributed by atoms with Crippen LogP contribution < -0.4 is 10.6 Å². The number of amides is 1. The second kappa shape index (κ2) is 8.13. The van der Waals surface area contributed by atoms with Gasteiger partial charge in [-0.3, -0.25) is 8.98 Å². The normalized spacial score (nSPS) is 14.2. The molecule has 0 aliphatic carbocycles. The Morgan fingerprint density at radius 1 is 1.04 bits per heavy atom. The summed E-state index contributed by atoms with van der Waals surface area (Å²) in [6.07, 6.45) is 1.40. The maximum absolute atomic E-state index is 11.5. The van der Waals surface area contributed by atoms with Crippen LogP contribution in [0.25, 0.3) is 0 Å². The lowest BCUT2D eigenvalue weighted by atomic mass is 10.2. The van der Waals surface area contributed by atoms with E-state index in [0.29, 0.717) is 13.0 Å². The highest BCUT2D eigenvalue weighted by Gasteiger charge is 2.22. The van der Waals surface area contributed by atoms with E-state index in [1.54, 1.807) is 17.0 Å². The van der Waals surface area contributed by atoms with Crippen LogP contribution in [0.3, 0.4) is 0 Å². The molecule has 1 saturated heterocycles. The lowest BCUT2D eigenvalue weighted by Crippen LogP contribution is -2.23. The van der Waals surface area contributed by atoms with Gasteiger partial charge in [0.25, 0.3) is 10.1 Å². The molecule has 0 aromatic heterocycles. The molecule has 1 heterocycles. The second-order valence-electron chi connectivity index (χ2n) is 5.67. The maximum Gasteiger partial charge on any atom is 0.296 e. The summed E-state index contributed by atoms with van der Waals surface area (Å²) < 4.78 is 27.2. The standard InChI is InChI=1S/C11H13NO4S.C7H9N/c1-16-17(14,15)10-6-4-9(5-7-10)12-8-2-3-11(12)13;1-6-2-4-7(8)5-3-6/h4-7H,2-3,8H2,1H3;2-5H,8H2,1H3. The number of carbonyl (C=O) groups excluding carboxylic acids is 1. The molecule has 1 aliphatic heterocycles. The van der Waals surface area contributed by atoms with Crippen molar-refractivity contribution < 1.29 is 17.4 Å². The summed E-state index contributed by atoms with van der Waals surface area (Å²) in [6, 6.07) is 13.9. The van der Waals surface area contributed by atoms with Gasteiger partial charge >= 0.3 is 0 Å². The molecule has 0 radical (unpaired) electrons. The first-order valence-electron chi connectivity index (χ1n) is 7.86. The van der Waals surface area contributed by atoms with Crippen molar-refractivity contribution in [1.82, 2.24) is 0 Å². The van der Waals surface area contributed by atoms with Gasteiger partial charge in [0.2, 0.25) is 5.91 Å². The lowest BCUT2D eigenvalue weighted by Gasteiger charge is -2.15. The monoisotopic (exact) mass is 362 g/mol. The second-order valence-corrected chi connectivity index (χ2v) is 7.39. The van der Waals surface area contributed by atoms with Crippen LogP contribution in [0, 0.1) is 6.92 Å². The minimum atomic E-state index is -3.66. The third-order valence-electron chi connectivity index (χ3n) is 3.81. The Hall–Kier alpha value is -2.38. The van der Waals surface area contributed by atoms with Gasteiger partial charge in [-0.05, 0) is 49.7 Å². The molecule has 3 rings (SSSR count). The van der Waals surface area contributed by atoms with E-state index in [1.807, 2.05) is 31.2 Å². The van der Waals surface area contributed by atoms with E-state index in [1.165, 1.54) is 17.7 Å². The van der Waals surface area contributed by atoms with Gasteiger partial charge in [-0.1, -0.05) is 17.7 Å². The van der Waals surface area contributed by atoms with E-state index in [2.05, 4.69) is 4.18 Å². The third kappa shape index (κ3) is 5.04. The zero-order chi connectivity index (χ0) is 18.4. The number of hydrogen-bond donors (Lipinski definition) is 1. The largest absolute Gasteiger partial charge is 0.399 e. The summed E-state index contributed by atoms with van der Waals surface area (Å²) in [6.45, 7) is 2.73. The molecular formula is C18H22N2O4S. The number of carbonyl (C=O) groups is 1. The predicted octanol–water partition coefficient (Wildman–Crippen LogP) is 2.73. The summed E-state index contributed by atoms with van der Waals surface area (Å²) >= 11 is 0. The van der Waals surface area contributed by atoms with Crippen LogP contribution in [0.4, 0.5) is 11.4 Å². The average Bonchev–Trinajstić information content (AvgIpc) is 3.04. The maximum atomic E-state index is 11.5. The molecule has 6 nitrogen and oxygen atoms in total. The van der Waals surface area contributed by atoms with Crippen LogP contribution in [0.15, 0.2) is 53.4 Å². The Balaban J connectivity index is 0.000000236. The van der Waals surface area contributed by atoms with Crippen molar-refractivity contribution in [2.24, 2.45) is 0 Å². The predicted molar refractivity (Wildman–Crippen MR) is 97.8 cm³/mol. The van der Waals surface area contributed by atoms with Gasteiger partial charge in [0.15, 0.2) is 0 Å². The van der Waals surface area contributed by atoms with E-state index >= 15 is 0 Å². The highest BCUT2D eigenvalue weighted by atomic mass is 32.2. The summed E-state index contributed by atoms with van der Waals surface area (Å²) in [7, 11) is -2.54. The Morgan fingerprint density at radius 2 is 1.64 bits per heavy atom. The molecule has 0 atom stereocenters. The Labute approximate surface area is 148 Å². The van der Waals surface area contributed by atoms with Crippen LogP contribution in [0.1, 0.15) is 18.4 Å². The molecule has 1 fully saturated rings. The topological polar surface area (TPSA) is 89.7 Å². The highest BCUT2D eigenvalue weighted by Crippen LogP contribution is 2.23. The number of hydrogen-bond acceptors (Lipinski definition) is 5. The first-order valence-corrected chi connectivity index (χ1v) is 9.27. The van der Waals surface area contributed by atoms with Crippen molar-refractivity contribution in [3.05, 3.63) is 54.1 Å². The first-order chi connectivity index (χ1) is 11.8. The number of aryl methyl sites for hydroxylation is 1. The molecule has 2 aromatic rings. The third-order valence-corrected chi connectivity index (χ3v) is 5.10. The Kier molecular flexibility index (Phi) is 6.17. The number of nitrogens with two attached hydrogens (primary N) is 1. The smallest absolute Gasteiger partial charge is 0.296 e. The molecule has 2 aromatic carbocycles. The van der Waals surface area contributed by atoms with Gasteiger partial charge in [-0.2, -0.15) is 8.42 Å².